The van der Waals surface area contributed by atoms with E-state index in [0.29, 0.717) is 4.24 Å². The Kier molecular flexibility index (Phi) is 8.11. The molecule has 1 saturated heterocycles. The predicted octanol–water partition coefficient (Wildman–Crippen LogP) is 5.51. The molecular weight excluding hydrogens is 381 g/mol. The summed E-state index contributed by atoms with van der Waals surface area (Å²) in [6.07, 6.45) is 4.50. The summed E-state index contributed by atoms with van der Waals surface area (Å²) in [6, 6.07) is 0. The molecule has 0 bridgehead atoms. The van der Waals surface area contributed by atoms with E-state index < -0.39 is 4.92 Å². The maximum Gasteiger partial charge on any atom is 0.309 e. The lowest BCUT2D eigenvalue weighted by molar-refractivity contribution is -0.419. The first kappa shape index (κ1) is 16.7. The molecule has 102 valence electrons. The largest absolute Gasteiger partial charge is 0.309 e. The Hall–Kier alpha value is 0.640. The lowest BCUT2D eigenvalue weighted by atomic mass is 10.2. The fraction of sp³-hybridized carbons (Fsp3) is 0.600. The Morgan fingerprint density at radius 3 is 2.06 bits per heavy atom. The van der Waals surface area contributed by atoms with Crippen LogP contribution in [-0.2, 0) is 0 Å². The van der Waals surface area contributed by atoms with E-state index in [2.05, 4.69) is 15.9 Å². The molecule has 0 radical (unpaired) electrons. The van der Waals surface area contributed by atoms with Gasteiger partial charge < -0.3 is 0 Å². The molecule has 1 aliphatic heterocycles. The number of rotatable bonds is 2. The zero-order chi connectivity index (χ0) is 13.5. The Morgan fingerprint density at radius 1 is 1.17 bits per heavy atom. The van der Waals surface area contributed by atoms with Crippen LogP contribution in [0.25, 0.3) is 0 Å². The molecule has 1 rings (SSSR count). The molecule has 1 aliphatic rings. The monoisotopic (exact) mass is 391 g/mol. The quantitative estimate of drug-likeness (QED) is 0.458. The average molecular weight is 393 g/mol. The van der Waals surface area contributed by atoms with E-state index in [-0.39, 0.29) is 14.7 Å². The summed E-state index contributed by atoms with van der Waals surface area (Å²) in [4.78, 5) is 10.7. The van der Waals surface area contributed by atoms with Crippen molar-refractivity contribution in [3.8, 4) is 0 Å². The van der Waals surface area contributed by atoms with Crippen LogP contribution in [0.15, 0.2) is 18.9 Å². The molecule has 0 aromatic carbocycles. The van der Waals surface area contributed by atoms with Crippen LogP contribution in [0.1, 0.15) is 25.7 Å². The number of allylic oxidation sites excluding steroid dienone is 1. The second kappa shape index (κ2) is 8.74. The maximum absolute atomic E-state index is 11.2. The second-order valence-corrected chi connectivity index (χ2v) is 8.05. The third kappa shape index (κ3) is 5.33. The molecule has 3 nitrogen and oxygen atoms in total. The summed E-state index contributed by atoms with van der Waals surface area (Å²) in [5, 5.41) is 11.1. The highest BCUT2D eigenvalue weighted by molar-refractivity contribution is 9.12. The lowest BCUT2D eigenvalue weighted by Crippen LogP contribution is -2.02. The van der Waals surface area contributed by atoms with E-state index in [4.69, 9.17) is 23.2 Å². The van der Waals surface area contributed by atoms with Crippen molar-refractivity contribution in [1.29, 1.82) is 0 Å². The minimum Gasteiger partial charge on any atom is -0.258 e. The molecule has 0 unspecified atom stereocenters. The van der Waals surface area contributed by atoms with Crippen molar-refractivity contribution >= 4 is 62.7 Å². The zero-order valence-electron chi connectivity index (χ0n) is 9.46. The maximum atomic E-state index is 11.2. The van der Waals surface area contributed by atoms with Crippen molar-refractivity contribution in [1.82, 2.24) is 0 Å². The first-order valence-electron chi connectivity index (χ1n) is 5.39. The van der Waals surface area contributed by atoms with Crippen molar-refractivity contribution in [2.75, 3.05) is 11.5 Å². The van der Waals surface area contributed by atoms with Gasteiger partial charge in [-0.15, -0.1) is 23.5 Å². The third-order valence-corrected chi connectivity index (χ3v) is 6.14. The molecule has 18 heavy (non-hydrogen) atoms. The summed E-state index contributed by atoms with van der Waals surface area (Å²) in [5.41, 5.74) is -0.0876. The summed E-state index contributed by atoms with van der Waals surface area (Å²) in [6.45, 7) is 0. The molecule has 0 aromatic rings. The normalized spacial score (nSPS) is 19.4. The van der Waals surface area contributed by atoms with Crippen LogP contribution in [0, 0.1) is 10.1 Å². The molecule has 8 heteroatoms. The van der Waals surface area contributed by atoms with Crippen LogP contribution >= 0.6 is 62.7 Å². The summed E-state index contributed by atoms with van der Waals surface area (Å²) in [5.74, 6) is 1.76. The van der Waals surface area contributed by atoms with E-state index in [0.717, 1.165) is 24.3 Å². The van der Waals surface area contributed by atoms with Gasteiger partial charge in [-0.3, -0.25) is 10.1 Å². The van der Waals surface area contributed by atoms with Gasteiger partial charge in [-0.25, -0.2) is 0 Å². The van der Waals surface area contributed by atoms with Crippen molar-refractivity contribution in [2.24, 2.45) is 0 Å². The molecule has 1 fully saturated rings. The van der Waals surface area contributed by atoms with Crippen LogP contribution in [0.3, 0.4) is 0 Å². The second-order valence-electron chi connectivity index (χ2n) is 3.58. The smallest absolute Gasteiger partial charge is 0.258 e. The minimum absolute atomic E-state index is 0.0316. The van der Waals surface area contributed by atoms with E-state index in [1.165, 1.54) is 36.4 Å². The molecular formula is C10H12BrCl2NO2S2. The number of nitrogens with zero attached hydrogens (tertiary/aromatic N) is 1. The fourth-order valence-electron chi connectivity index (χ4n) is 1.40. The van der Waals surface area contributed by atoms with Crippen LogP contribution in [-0.4, -0.2) is 16.4 Å². The van der Waals surface area contributed by atoms with Gasteiger partial charge in [-0.05, 0) is 40.3 Å². The number of nitro groups is 1. The Balaban J connectivity index is 3.06. The van der Waals surface area contributed by atoms with Gasteiger partial charge in [0.15, 0.2) is 0 Å². The van der Waals surface area contributed by atoms with Gasteiger partial charge in [0.1, 0.15) is 13.2 Å². The summed E-state index contributed by atoms with van der Waals surface area (Å²) in [7, 11) is 0. The molecule has 0 saturated carbocycles. The summed E-state index contributed by atoms with van der Waals surface area (Å²) < 4.78 is 0.730. The average Bonchev–Trinajstić information content (AvgIpc) is 2.42. The van der Waals surface area contributed by atoms with E-state index in [9.17, 15) is 10.1 Å². The van der Waals surface area contributed by atoms with Crippen LogP contribution < -0.4 is 0 Å². The number of thioether (sulfide) groups is 2. The SMILES string of the molecule is O=[N+]([O-])C(=C1SCCCCCCS1)/C(Cl)=C(\Cl)Br. The first-order chi connectivity index (χ1) is 8.54. The predicted molar refractivity (Wildman–Crippen MR) is 85.1 cm³/mol. The standard InChI is InChI=1S/C10H12BrCl2NO2S2/c11-9(13)7(12)8(14(15)16)10-17-5-3-1-2-4-6-18-10/h1-6H2/b9-7+. The van der Waals surface area contributed by atoms with E-state index in [1.807, 2.05) is 0 Å². The van der Waals surface area contributed by atoms with Crippen molar-refractivity contribution in [3.05, 3.63) is 29.0 Å². The highest BCUT2D eigenvalue weighted by Crippen LogP contribution is 2.40. The van der Waals surface area contributed by atoms with Gasteiger partial charge in [0, 0.05) is 0 Å². The highest BCUT2D eigenvalue weighted by atomic mass is 79.9. The minimum atomic E-state index is -0.459. The Labute approximate surface area is 133 Å². The van der Waals surface area contributed by atoms with Gasteiger partial charge in [-0.2, -0.15) is 0 Å². The molecule has 0 atom stereocenters. The zero-order valence-corrected chi connectivity index (χ0v) is 14.2. The Bertz CT molecular complexity index is 372. The number of hydrogen-bond donors (Lipinski definition) is 0. The highest BCUT2D eigenvalue weighted by Gasteiger charge is 2.25. The van der Waals surface area contributed by atoms with Crippen molar-refractivity contribution in [3.63, 3.8) is 0 Å². The molecule has 0 amide bonds. The molecule has 0 aromatic heterocycles. The van der Waals surface area contributed by atoms with E-state index in [1.54, 1.807) is 0 Å². The first-order valence-corrected chi connectivity index (χ1v) is 8.91. The summed E-state index contributed by atoms with van der Waals surface area (Å²) >= 11 is 17.6. The van der Waals surface area contributed by atoms with Gasteiger partial charge in [-0.1, -0.05) is 36.0 Å². The lowest BCUT2D eigenvalue weighted by Gasteiger charge is -2.06. The van der Waals surface area contributed by atoms with Gasteiger partial charge in [0.25, 0.3) is 0 Å². The molecule has 0 aliphatic carbocycles. The number of hydrogen-bond acceptors (Lipinski definition) is 4. The van der Waals surface area contributed by atoms with Gasteiger partial charge in [0.2, 0.25) is 0 Å². The van der Waals surface area contributed by atoms with Crippen LogP contribution in [0.2, 0.25) is 0 Å². The van der Waals surface area contributed by atoms with Crippen LogP contribution in [0.5, 0.6) is 0 Å². The van der Waals surface area contributed by atoms with Crippen molar-refractivity contribution in [2.45, 2.75) is 25.7 Å². The topological polar surface area (TPSA) is 43.1 Å². The third-order valence-electron chi connectivity index (χ3n) is 2.25. The molecule has 0 N–H and O–H groups in total. The van der Waals surface area contributed by atoms with Gasteiger partial charge >= 0.3 is 5.70 Å². The van der Waals surface area contributed by atoms with Gasteiger partial charge in [0.05, 0.1) is 4.92 Å². The fourth-order valence-corrected chi connectivity index (χ4v) is 4.48. The number of halogens is 3. The Morgan fingerprint density at radius 2 is 1.67 bits per heavy atom. The van der Waals surface area contributed by atoms with Crippen LogP contribution in [0.4, 0.5) is 0 Å². The molecule has 1 heterocycles. The molecule has 0 spiro atoms. The van der Waals surface area contributed by atoms with Crippen molar-refractivity contribution < 1.29 is 4.92 Å². The van der Waals surface area contributed by atoms with E-state index >= 15 is 0 Å².